The van der Waals surface area contributed by atoms with Gasteiger partial charge in [0.25, 0.3) is 0 Å². The number of aromatic nitrogens is 1. The molecule has 1 heterocycles. The van der Waals surface area contributed by atoms with Gasteiger partial charge in [-0.1, -0.05) is 6.92 Å². The van der Waals surface area contributed by atoms with Gasteiger partial charge in [0.2, 0.25) is 5.91 Å². The summed E-state index contributed by atoms with van der Waals surface area (Å²) in [4.78, 5) is 17.7. The summed E-state index contributed by atoms with van der Waals surface area (Å²) in [5, 5.41) is 9.02. The van der Waals surface area contributed by atoms with Gasteiger partial charge >= 0.3 is 0 Å². The fourth-order valence-corrected chi connectivity index (χ4v) is 2.06. The maximum atomic E-state index is 11.7. The lowest BCUT2D eigenvalue weighted by molar-refractivity contribution is -0.131. The molecule has 0 aliphatic carbocycles. The van der Waals surface area contributed by atoms with Crippen molar-refractivity contribution in [3.63, 3.8) is 0 Å². The lowest BCUT2D eigenvalue weighted by Gasteiger charge is -2.27. The molecule has 0 aliphatic heterocycles. The van der Waals surface area contributed by atoms with Crippen LogP contribution in [0.1, 0.15) is 51.4 Å². The van der Waals surface area contributed by atoms with Crippen LogP contribution >= 0.6 is 0 Å². The molecule has 5 heteroatoms. The SMILES string of the molecule is CCCN(C(C)=O)C(C)c1cc(OCC)c(C#N)cn1. The molecule has 0 saturated carbocycles. The van der Waals surface area contributed by atoms with Gasteiger partial charge in [0.1, 0.15) is 17.4 Å². The first-order valence-corrected chi connectivity index (χ1v) is 6.85. The van der Waals surface area contributed by atoms with E-state index in [2.05, 4.69) is 11.1 Å². The van der Waals surface area contributed by atoms with Crippen molar-refractivity contribution in [2.45, 2.75) is 40.2 Å². The first-order valence-electron chi connectivity index (χ1n) is 6.85. The summed E-state index contributed by atoms with van der Waals surface area (Å²) in [7, 11) is 0. The van der Waals surface area contributed by atoms with Crippen molar-refractivity contribution in [1.29, 1.82) is 5.26 Å². The second kappa shape index (κ2) is 7.49. The van der Waals surface area contributed by atoms with E-state index in [-0.39, 0.29) is 11.9 Å². The highest BCUT2D eigenvalue weighted by Crippen LogP contribution is 2.25. The third kappa shape index (κ3) is 3.70. The van der Waals surface area contributed by atoms with E-state index >= 15 is 0 Å². The molecule has 108 valence electrons. The van der Waals surface area contributed by atoms with E-state index in [0.717, 1.165) is 12.1 Å². The molecule has 0 fully saturated rings. The van der Waals surface area contributed by atoms with Crippen LogP contribution in [0.25, 0.3) is 0 Å². The number of carbonyl (C=O) groups excluding carboxylic acids is 1. The summed E-state index contributed by atoms with van der Waals surface area (Å²) >= 11 is 0. The summed E-state index contributed by atoms with van der Waals surface area (Å²) in [6.07, 6.45) is 2.39. The largest absolute Gasteiger partial charge is 0.492 e. The van der Waals surface area contributed by atoms with Crippen LogP contribution in [-0.4, -0.2) is 28.9 Å². The normalized spacial score (nSPS) is 11.6. The predicted octanol–water partition coefficient (Wildman–Crippen LogP) is 2.67. The first-order chi connectivity index (χ1) is 9.54. The van der Waals surface area contributed by atoms with Crippen LogP contribution in [-0.2, 0) is 4.79 Å². The number of hydrogen-bond acceptors (Lipinski definition) is 4. The number of ether oxygens (including phenoxy) is 1. The Labute approximate surface area is 120 Å². The molecule has 20 heavy (non-hydrogen) atoms. The topological polar surface area (TPSA) is 66.2 Å². The Hall–Kier alpha value is -2.09. The molecule has 0 aliphatic rings. The van der Waals surface area contributed by atoms with Gasteiger partial charge in [-0.25, -0.2) is 0 Å². The van der Waals surface area contributed by atoms with Gasteiger partial charge in [-0.05, 0) is 20.3 Å². The molecular weight excluding hydrogens is 254 g/mol. The third-order valence-corrected chi connectivity index (χ3v) is 3.07. The van der Waals surface area contributed by atoms with Crippen LogP contribution in [0, 0.1) is 11.3 Å². The van der Waals surface area contributed by atoms with Gasteiger partial charge in [0, 0.05) is 25.7 Å². The van der Waals surface area contributed by atoms with E-state index in [4.69, 9.17) is 10.00 Å². The third-order valence-electron chi connectivity index (χ3n) is 3.07. The molecule has 0 aromatic carbocycles. The number of rotatable bonds is 6. The smallest absolute Gasteiger partial charge is 0.220 e. The molecule has 0 N–H and O–H groups in total. The maximum Gasteiger partial charge on any atom is 0.220 e. The minimum Gasteiger partial charge on any atom is -0.492 e. The summed E-state index contributed by atoms with van der Waals surface area (Å²) in [6.45, 7) is 8.55. The Morgan fingerprint density at radius 3 is 2.75 bits per heavy atom. The van der Waals surface area contributed by atoms with E-state index in [1.165, 1.54) is 6.20 Å². The highest BCUT2D eigenvalue weighted by atomic mass is 16.5. The predicted molar refractivity (Wildman–Crippen MR) is 76.2 cm³/mol. The molecule has 0 bridgehead atoms. The zero-order chi connectivity index (χ0) is 15.1. The maximum absolute atomic E-state index is 11.7. The molecule has 1 aromatic heterocycles. The monoisotopic (exact) mass is 275 g/mol. The van der Waals surface area contributed by atoms with Crippen molar-refractivity contribution in [3.8, 4) is 11.8 Å². The molecule has 1 atom stereocenters. The van der Waals surface area contributed by atoms with E-state index in [9.17, 15) is 4.79 Å². The van der Waals surface area contributed by atoms with Gasteiger partial charge < -0.3 is 9.64 Å². The number of nitrogens with zero attached hydrogens (tertiary/aromatic N) is 3. The minimum atomic E-state index is -0.139. The van der Waals surface area contributed by atoms with Crippen LogP contribution in [0.2, 0.25) is 0 Å². The molecule has 0 radical (unpaired) electrons. The Balaban J connectivity index is 3.09. The zero-order valence-electron chi connectivity index (χ0n) is 12.5. The van der Waals surface area contributed by atoms with Gasteiger partial charge in [-0.15, -0.1) is 0 Å². The minimum absolute atomic E-state index is 0.0171. The Morgan fingerprint density at radius 2 is 2.25 bits per heavy atom. The highest BCUT2D eigenvalue weighted by molar-refractivity contribution is 5.73. The van der Waals surface area contributed by atoms with Crippen molar-refractivity contribution in [2.75, 3.05) is 13.2 Å². The van der Waals surface area contributed by atoms with Crippen molar-refractivity contribution < 1.29 is 9.53 Å². The molecule has 0 spiro atoms. The van der Waals surface area contributed by atoms with Crippen molar-refractivity contribution in [1.82, 2.24) is 9.88 Å². The van der Waals surface area contributed by atoms with Crippen LogP contribution in [0.3, 0.4) is 0 Å². The number of amides is 1. The summed E-state index contributed by atoms with van der Waals surface area (Å²) < 4.78 is 5.45. The molecule has 0 saturated heterocycles. The summed E-state index contributed by atoms with van der Waals surface area (Å²) in [5.74, 6) is 0.537. The Bertz CT molecular complexity index is 508. The second-order valence-corrected chi connectivity index (χ2v) is 4.54. The average Bonchev–Trinajstić information content (AvgIpc) is 2.44. The lowest BCUT2D eigenvalue weighted by atomic mass is 10.1. The molecule has 1 rings (SSSR count). The summed E-state index contributed by atoms with van der Waals surface area (Å²) in [5.41, 5.74) is 1.14. The summed E-state index contributed by atoms with van der Waals surface area (Å²) in [6, 6.07) is 3.66. The molecule has 5 nitrogen and oxygen atoms in total. The zero-order valence-corrected chi connectivity index (χ0v) is 12.5. The highest BCUT2D eigenvalue weighted by Gasteiger charge is 2.20. The Kier molecular flexibility index (Phi) is 5.98. The van der Waals surface area contributed by atoms with Crippen molar-refractivity contribution in [2.24, 2.45) is 0 Å². The number of pyridine rings is 1. The number of hydrogen-bond donors (Lipinski definition) is 0. The van der Waals surface area contributed by atoms with Crippen LogP contribution in [0.15, 0.2) is 12.3 Å². The molecule has 1 aromatic rings. The van der Waals surface area contributed by atoms with Gasteiger partial charge in [0.15, 0.2) is 0 Å². The van der Waals surface area contributed by atoms with E-state index in [1.807, 2.05) is 20.8 Å². The quantitative estimate of drug-likeness (QED) is 0.800. The van der Waals surface area contributed by atoms with Crippen LogP contribution in [0.4, 0.5) is 0 Å². The van der Waals surface area contributed by atoms with Gasteiger partial charge in [-0.3, -0.25) is 9.78 Å². The Morgan fingerprint density at radius 1 is 1.55 bits per heavy atom. The average molecular weight is 275 g/mol. The number of carbonyl (C=O) groups is 1. The van der Waals surface area contributed by atoms with Crippen molar-refractivity contribution in [3.05, 3.63) is 23.5 Å². The first kappa shape index (κ1) is 16.0. The standard InChI is InChI=1S/C15H21N3O2/c1-5-7-18(12(4)19)11(3)14-8-15(20-6-2)13(9-16)10-17-14/h8,10-11H,5-7H2,1-4H3. The van der Waals surface area contributed by atoms with Gasteiger partial charge in [-0.2, -0.15) is 5.26 Å². The van der Waals surface area contributed by atoms with Crippen LogP contribution in [0.5, 0.6) is 5.75 Å². The molecule has 1 amide bonds. The second-order valence-electron chi connectivity index (χ2n) is 4.54. The fraction of sp³-hybridized carbons (Fsp3) is 0.533. The molecular formula is C15H21N3O2. The number of nitriles is 1. The van der Waals surface area contributed by atoms with Crippen LogP contribution < -0.4 is 4.74 Å². The lowest BCUT2D eigenvalue weighted by Crippen LogP contribution is -2.32. The van der Waals surface area contributed by atoms with E-state index in [1.54, 1.807) is 17.9 Å². The fourth-order valence-electron chi connectivity index (χ4n) is 2.06. The van der Waals surface area contributed by atoms with Crippen molar-refractivity contribution >= 4 is 5.91 Å². The van der Waals surface area contributed by atoms with E-state index < -0.39 is 0 Å². The molecule has 1 unspecified atom stereocenters. The van der Waals surface area contributed by atoms with Gasteiger partial charge in [0.05, 0.1) is 18.3 Å². The van der Waals surface area contributed by atoms with E-state index in [0.29, 0.717) is 24.5 Å².